The molecule has 184 valence electrons. The van der Waals surface area contributed by atoms with Crippen molar-refractivity contribution in [1.82, 2.24) is 14.6 Å². The van der Waals surface area contributed by atoms with Crippen LogP contribution in [-0.2, 0) is 11.3 Å². The highest BCUT2D eigenvalue weighted by molar-refractivity contribution is 7.99. The first-order valence-corrected chi connectivity index (χ1v) is 12.5. The first-order chi connectivity index (χ1) is 17.5. The van der Waals surface area contributed by atoms with Crippen molar-refractivity contribution in [1.29, 1.82) is 0 Å². The Kier molecular flexibility index (Phi) is 5.78. The van der Waals surface area contributed by atoms with Gasteiger partial charge in [-0.2, -0.15) is 0 Å². The van der Waals surface area contributed by atoms with Crippen molar-refractivity contribution in [2.75, 3.05) is 19.6 Å². The fourth-order valence-corrected chi connectivity index (χ4v) is 5.41. The lowest BCUT2D eigenvalue weighted by atomic mass is 10.2. The molecular formula is C24H18F2N4O4S2. The average molecular weight is 529 g/mol. The van der Waals surface area contributed by atoms with Crippen molar-refractivity contribution in [3.05, 3.63) is 65.3 Å². The zero-order chi connectivity index (χ0) is 24.8. The van der Waals surface area contributed by atoms with Crippen LogP contribution < -0.4 is 14.9 Å². The van der Waals surface area contributed by atoms with Gasteiger partial charge in [-0.05, 0) is 30.0 Å². The second-order valence-electron chi connectivity index (χ2n) is 7.80. The van der Waals surface area contributed by atoms with Crippen LogP contribution in [0.2, 0.25) is 0 Å². The molecule has 5 aromatic rings. The summed E-state index contributed by atoms with van der Waals surface area (Å²) in [6.45, 7) is 0.139. The molecule has 0 aliphatic carbocycles. The molecule has 0 saturated carbocycles. The van der Waals surface area contributed by atoms with E-state index in [0.29, 0.717) is 39.2 Å². The Morgan fingerprint density at radius 2 is 2.03 bits per heavy atom. The standard InChI is InChI=1S/C24H18F2N4O4S2/c1-31-14-6-19(33-10-13-11-35-22(27-13)15-4-3-12(25)5-17(15)26)16-8-21(34-20(16)7-14)18-9-30-23(28-18)36-24(29-30)32-2/h3-9,11,24,29H,10H2,1-2H3. The van der Waals surface area contributed by atoms with Crippen LogP contribution in [0, 0.1) is 11.6 Å². The zero-order valence-corrected chi connectivity index (χ0v) is 20.6. The third kappa shape index (κ3) is 4.16. The van der Waals surface area contributed by atoms with Crippen molar-refractivity contribution < 1.29 is 27.4 Å². The van der Waals surface area contributed by atoms with E-state index in [-0.39, 0.29) is 17.7 Å². The van der Waals surface area contributed by atoms with Crippen LogP contribution in [0.3, 0.4) is 0 Å². The number of thioether (sulfide) groups is 1. The maximum Gasteiger partial charge on any atom is 0.196 e. The Balaban J connectivity index is 1.26. The smallest absolute Gasteiger partial charge is 0.196 e. The normalized spacial score (nSPS) is 14.7. The first-order valence-electron chi connectivity index (χ1n) is 10.7. The van der Waals surface area contributed by atoms with E-state index in [1.54, 1.807) is 36.4 Å². The van der Waals surface area contributed by atoms with Crippen LogP contribution in [0.5, 0.6) is 11.5 Å². The van der Waals surface area contributed by atoms with Gasteiger partial charge in [0.05, 0.1) is 24.4 Å². The number of furan rings is 1. The molecule has 8 nitrogen and oxygen atoms in total. The van der Waals surface area contributed by atoms with Crippen LogP contribution in [0.1, 0.15) is 5.69 Å². The summed E-state index contributed by atoms with van der Waals surface area (Å²) in [5.74, 6) is 0.393. The molecule has 1 N–H and O–H groups in total. The largest absolute Gasteiger partial charge is 0.496 e. The third-order valence-electron chi connectivity index (χ3n) is 5.49. The van der Waals surface area contributed by atoms with E-state index in [0.717, 1.165) is 16.6 Å². The van der Waals surface area contributed by atoms with E-state index >= 15 is 0 Å². The predicted octanol–water partition coefficient (Wildman–Crippen LogP) is 5.86. The second kappa shape index (κ2) is 9.12. The Labute approximate surface area is 211 Å². The maximum absolute atomic E-state index is 14.1. The number of methoxy groups -OCH3 is 2. The van der Waals surface area contributed by atoms with Crippen LogP contribution in [0.25, 0.3) is 33.0 Å². The Bertz CT molecular complexity index is 1560. The molecule has 1 unspecified atom stereocenters. The molecular weight excluding hydrogens is 510 g/mol. The topological polar surface area (TPSA) is 83.6 Å². The van der Waals surface area contributed by atoms with E-state index in [9.17, 15) is 8.78 Å². The molecule has 0 saturated heterocycles. The molecule has 36 heavy (non-hydrogen) atoms. The number of nitrogens with zero attached hydrogens (tertiary/aromatic N) is 3. The van der Waals surface area contributed by atoms with Gasteiger partial charge in [-0.15, -0.1) is 11.3 Å². The van der Waals surface area contributed by atoms with Crippen molar-refractivity contribution >= 4 is 34.1 Å². The molecule has 12 heteroatoms. The van der Waals surface area contributed by atoms with Crippen molar-refractivity contribution in [3.63, 3.8) is 0 Å². The van der Waals surface area contributed by atoms with Crippen molar-refractivity contribution in [2.45, 2.75) is 17.3 Å². The van der Waals surface area contributed by atoms with Crippen LogP contribution in [0.15, 0.2) is 57.5 Å². The number of hydrogen-bond donors (Lipinski definition) is 1. The Morgan fingerprint density at radius 1 is 1.14 bits per heavy atom. The van der Waals surface area contributed by atoms with E-state index in [1.165, 1.54) is 35.2 Å². The minimum absolute atomic E-state index is 0.139. The van der Waals surface area contributed by atoms with E-state index in [4.69, 9.17) is 18.6 Å². The quantitative estimate of drug-likeness (QED) is 0.281. The molecule has 3 aromatic heterocycles. The number of fused-ring (bicyclic) bond motifs is 2. The highest BCUT2D eigenvalue weighted by atomic mass is 32.2. The second-order valence-corrected chi connectivity index (χ2v) is 9.69. The molecule has 0 bridgehead atoms. The molecule has 0 amide bonds. The summed E-state index contributed by atoms with van der Waals surface area (Å²) in [5.41, 5.74) is 5.06. The van der Waals surface area contributed by atoms with Gasteiger partial charge in [0.15, 0.2) is 16.5 Å². The monoisotopic (exact) mass is 528 g/mol. The fourth-order valence-electron chi connectivity index (χ4n) is 3.75. The van der Waals surface area contributed by atoms with Gasteiger partial charge in [-0.1, -0.05) is 0 Å². The first kappa shape index (κ1) is 22.8. The molecule has 4 heterocycles. The highest BCUT2D eigenvalue weighted by Crippen LogP contribution is 2.39. The number of ether oxygens (including phenoxy) is 3. The van der Waals surface area contributed by atoms with Crippen LogP contribution >= 0.6 is 23.1 Å². The van der Waals surface area contributed by atoms with Gasteiger partial charge in [-0.25, -0.2) is 23.4 Å². The Hall–Kier alpha value is -3.61. The number of halogens is 2. The minimum atomic E-state index is -0.658. The lowest BCUT2D eigenvalue weighted by molar-refractivity contribution is 0.187. The molecule has 1 aliphatic rings. The summed E-state index contributed by atoms with van der Waals surface area (Å²) in [4.78, 5) is 9.07. The molecule has 2 aromatic carbocycles. The average Bonchev–Trinajstić information content (AvgIpc) is 3.64. The number of imidazole rings is 1. The Morgan fingerprint density at radius 3 is 2.81 bits per heavy atom. The number of aromatic nitrogens is 3. The number of benzene rings is 2. The lowest BCUT2D eigenvalue weighted by Crippen LogP contribution is -2.19. The molecule has 0 spiro atoms. The van der Waals surface area contributed by atoms with Gasteiger partial charge < -0.3 is 18.6 Å². The molecule has 0 radical (unpaired) electrons. The van der Waals surface area contributed by atoms with Gasteiger partial charge >= 0.3 is 0 Å². The van der Waals surface area contributed by atoms with E-state index in [2.05, 4.69) is 15.4 Å². The molecule has 0 fully saturated rings. The van der Waals surface area contributed by atoms with Crippen molar-refractivity contribution in [3.8, 4) is 33.5 Å². The molecule has 1 atom stereocenters. The van der Waals surface area contributed by atoms with Gasteiger partial charge in [0, 0.05) is 36.3 Å². The van der Waals surface area contributed by atoms with Crippen molar-refractivity contribution in [2.24, 2.45) is 0 Å². The lowest BCUT2D eigenvalue weighted by Gasteiger charge is -2.08. The number of hydrogen-bond acceptors (Lipinski definition) is 9. The summed E-state index contributed by atoms with van der Waals surface area (Å²) in [5, 5.41) is 3.74. The fraction of sp³-hybridized carbons (Fsp3) is 0.167. The summed E-state index contributed by atoms with van der Waals surface area (Å²) >= 11 is 2.72. The number of rotatable bonds is 7. The van der Waals surface area contributed by atoms with Gasteiger partial charge in [-0.3, -0.25) is 5.43 Å². The highest BCUT2D eigenvalue weighted by Gasteiger charge is 2.25. The van der Waals surface area contributed by atoms with Gasteiger partial charge in [0.1, 0.15) is 46.0 Å². The van der Waals surface area contributed by atoms with Gasteiger partial charge in [0.2, 0.25) is 0 Å². The molecule has 1 aliphatic heterocycles. The minimum Gasteiger partial charge on any atom is -0.496 e. The molecule has 6 rings (SSSR count). The summed E-state index contributed by atoms with van der Waals surface area (Å²) in [7, 11) is 3.19. The number of nitrogens with one attached hydrogen (secondary N) is 1. The van der Waals surface area contributed by atoms with Crippen LogP contribution in [-0.4, -0.2) is 34.4 Å². The van der Waals surface area contributed by atoms with E-state index in [1.807, 2.05) is 12.3 Å². The number of thiazole rings is 1. The SMILES string of the molecule is COc1cc(OCc2csc(-c3ccc(F)cc3F)n2)c2cc(-c3cn4c(n3)SC(OC)N4)oc2c1. The maximum atomic E-state index is 14.1. The summed E-state index contributed by atoms with van der Waals surface area (Å²) in [6, 6.07) is 8.83. The zero-order valence-electron chi connectivity index (χ0n) is 19.0. The summed E-state index contributed by atoms with van der Waals surface area (Å²) < 4.78 is 52.0. The predicted molar refractivity (Wildman–Crippen MR) is 132 cm³/mol. The van der Waals surface area contributed by atoms with Crippen LogP contribution in [0.4, 0.5) is 8.78 Å². The third-order valence-corrected chi connectivity index (χ3v) is 7.43. The van der Waals surface area contributed by atoms with E-state index < -0.39 is 11.6 Å². The van der Waals surface area contributed by atoms with Gasteiger partial charge in [0.25, 0.3) is 0 Å². The summed E-state index contributed by atoms with van der Waals surface area (Å²) in [6.07, 6.45) is 1.84.